The van der Waals surface area contributed by atoms with Gasteiger partial charge in [-0.2, -0.15) is 0 Å². The first-order valence-corrected chi connectivity index (χ1v) is 10.8. The molecule has 0 bridgehead atoms. The van der Waals surface area contributed by atoms with E-state index in [1.807, 2.05) is 24.8 Å². The zero-order chi connectivity index (χ0) is 20.2. The second-order valence-electron chi connectivity index (χ2n) is 8.16. The van der Waals surface area contributed by atoms with Gasteiger partial charge in [0.15, 0.2) is 0 Å². The maximum atomic E-state index is 13.2. The Bertz CT molecular complexity index is 848. The van der Waals surface area contributed by atoms with Crippen LogP contribution in [0.4, 0.5) is 11.5 Å². The van der Waals surface area contributed by atoms with Crippen molar-refractivity contribution in [1.82, 2.24) is 14.9 Å². The summed E-state index contributed by atoms with van der Waals surface area (Å²) in [6.07, 6.45) is 4.32. The first-order valence-electron chi connectivity index (χ1n) is 10.8. The number of carbonyl (C=O) groups excluding carboxylic acids is 1. The highest BCUT2D eigenvalue weighted by Crippen LogP contribution is 2.26. The van der Waals surface area contributed by atoms with Gasteiger partial charge in [0.25, 0.3) is 0 Å². The van der Waals surface area contributed by atoms with Crippen molar-refractivity contribution in [1.29, 1.82) is 0 Å². The Morgan fingerprint density at radius 1 is 0.966 bits per heavy atom. The molecule has 0 spiro atoms. The standard InChI is InChI=1S/C23H31N5O/c1-18-16-22(25-19(2)24-18)27-12-7-11-26(14-15-27)17-23(29)28-13-6-5-9-20-8-3-4-10-21(20)28/h3-4,8,10,16H,5-7,9,11-15,17H2,1-2H3. The average molecular weight is 394 g/mol. The molecule has 2 aromatic rings. The largest absolute Gasteiger partial charge is 0.355 e. The van der Waals surface area contributed by atoms with Gasteiger partial charge in [-0.15, -0.1) is 0 Å². The zero-order valence-electron chi connectivity index (χ0n) is 17.6. The second-order valence-corrected chi connectivity index (χ2v) is 8.16. The number of aryl methyl sites for hydroxylation is 3. The fourth-order valence-corrected chi connectivity index (χ4v) is 4.44. The minimum atomic E-state index is 0.224. The van der Waals surface area contributed by atoms with Gasteiger partial charge in [0, 0.05) is 50.2 Å². The molecule has 0 radical (unpaired) electrons. The van der Waals surface area contributed by atoms with E-state index in [1.54, 1.807) is 0 Å². The van der Waals surface area contributed by atoms with Crippen LogP contribution < -0.4 is 9.80 Å². The lowest BCUT2D eigenvalue weighted by Gasteiger charge is -2.27. The van der Waals surface area contributed by atoms with Crippen molar-refractivity contribution in [3.63, 3.8) is 0 Å². The number of rotatable bonds is 3. The summed E-state index contributed by atoms with van der Waals surface area (Å²) in [5.74, 6) is 2.04. The third kappa shape index (κ3) is 4.75. The van der Waals surface area contributed by atoms with E-state index in [0.717, 1.165) is 81.4 Å². The summed E-state index contributed by atoms with van der Waals surface area (Å²) in [4.78, 5) is 28.8. The van der Waals surface area contributed by atoms with E-state index < -0.39 is 0 Å². The molecular weight excluding hydrogens is 362 g/mol. The number of hydrogen-bond donors (Lipinski definition) is 0. The van der Waals surface area contributed by atoms with Crippen LogP contribution in [0.15, 0.2) is 30.3 Å². The lowest BCUT2D eigenvalue weighted by atomic mass is 10.1. The van der Waals surface area contributed by atoms with Crippen LogP contribution >= 0.6 is 0 Å². The van der Waals surface area contributed by atoms with E-state index in [2.05, 4.69) is 44.0 Å². The molecule has 29 heavy (non-hydrogen) atoms. The predicted octanol–water partition coefficient (Wildman–Crippen LogP) is 2.98. The Morgan fingerprint density at radius 3 is 2.69 bits per heavy atom. The molecule has 4 rings (SSSR count). The number of anilines is 2. The molecule has 1 saturated heterocycles. The van der Waals surface area contributed by atoms with E-state index in [9.17, 15) is 4.79 Å². The summed E-state index contributed by atoms with van der Waals surface area (Å²) in [6, 6.07) is 10.4. The van der Waals surface area contributed by atoms with E-state index in [4.69, 9.17) is 0 Å². The monoisotopic (exact) mass is 393 g/mol. The Kier molecular flexibility index (Phi) is 6.09. The van der Waals surface area contributed by atoms with Gasteiger partial charge < -0.3 is 9.80 Å². The quantitative estimate of drug-likeness (QED) is 0.802. The molecule has 0 atom stereocenters. The Hall–Kier alpha value is -2.47. The lowest BCUT2D eigenvalue weighted by Crippen LogP contribution is -2.42. The van der Waals surface area contributed by atoms with Gasteiger partial charge in [-0.25, -0.2) is 9.97 Å². The molecule has 2 aliphatic heterocycles. The van der Waals surface area contributed by atoms with Crippen LogP contribution in [0.3, 0.4) is 0 Å². The maximum Gasteiger partial charge on any atom is 0.241 e. The van der Waals surface area contributed by atoms with Crippen LogP contribution in [-0.4, -0.2) is 60.0 Å². The van der Waals surface area contributed by atoms with Gasteiger partial charge in [0.2, 0.25) is 5.91 Å². The molecule has 0 N–H and O–H groups in total. The Morgan fingerprint density at radius 2 is 1.83 bits per heavy atom. The highest BCUT2D eigenvalue weighted by Gasteiger charge is 2.24. The van der Waals surface area contributed by atoms with Gasteiger partial charge >= 0.3 is 0 Å². The van der Waals surface area contributed by atoms with Crippen LogP contribution in [0.1, 0.15) is 36.3 Å². The highest BCUT2D eigenvalue weighted by molar-refractivity contribution is 5.95. The molecule has 1 aromatic carbocycles. The fourth-order valence-electron chi connectivity index (χ4n) is 4.44. The lowest BCUT2D eigenvalue weighted by molar-refractivity contribution is -0.119. The number of aromatic nitrogens is 2. The first-order chi connectivity index (χ1) is 14.1. The number of para-hydroxylation sites is 1. The summed E-state index contributed by atoms with van der Waals surface area (Å²) in [7, 11) is 0. The summed E-state index contributed by atoms with van der Waals surface area (Å²) in [5, 5.41) is 0. The van der Waals surface area contributed by atoms with Gasteiger partial charge in [0.1, 0.15) is 11.6 Å². The van der Waals surface area contributed by atoms with Crippen LogP contribution in [-0.2, 0) is 11.2 Å². The molecular formula is C23H31N5O. The molecule has 0 unspecified atom stereocenters. The van der Waals surface area contributed by atoms with E-state index in [-0.39, 0.29) is 5.91 Å². The van der Waals surface area contributed by atoms with Crippen LogP contribution in [0.2, 0.25) is 0 Å². The molecule has 1 aromatic heterocycles. The van der Waals surface area contributed by atoms with Crippen molar-refractivity contribution in [3.05, 3.63) is 47.4 Å². The second kappa shape index (κ2) is 8.91. The molecule has 0 aliphatic carbocycles. The topological polar surface area (TPSA) is 52.6 Å². The van der Waals surface area contributed by atoms with Crippen molar-refractivity contribution < 1.29 is 4.79 Å². The molecule has 154 valence electrons. The van der Waals surface area contributed by atoms with Gasteiger partial charge in [-0.05, 0) is 51.2 Å². The van der Waals surface area contributed by atoms with Crippen LogP contribution in [0, 0.1) is 13.8 Å². The molecule has 6 nitrogen and oxygen atoms in total. The minimum absolute atomic E-state index is 0.224. The molecule has 1 amide bonds. The average Bonchev–Trinajstić information content (AvgIpc) is 3.06. The van der Waals surface area contributed by atoms with Crippen molar-refractivity contribution in [3.8, 4) is 0 Å². The normalized spacial score (nSPS) is 18.1. The third-order valence-electron chi connectivity index (χ3n) is 5.89. The van der Waals surface area contributed by atoms with E-state index in [0.29, 0.717) is 6.54 Å². The number of hydrogen-bond acceptors (Lipinski definition) is 5. The Labute approximate surface area is 173 Å². The Balaban J connectivity index is 1.41. The zero-order valence-corrected chi connectivity index (χ0v) is 17.6. The summed E-state index contributed by atoms with van der Waals surface area (Å²) in [5.41, 5.74) is 3.41. The summed E-state index contributed by atoms with van der Waals surface area (Å²) in [6.45, 7) is 8.95. The molecule has 1 fully saturated rings. The number of carbonyl (C=O) groups is 1. The molecule has 0 saturated carbocycles. The molecule has 2 aliphatic rings. The number of nitrogens with zero attached hydrogens (tertiary/aromatic N) is 5. The number of benzene rings is 1. The highest BCUT2D eigenvalue weighted by atomic mass is 16.2. The predicted molar refractivity (Wildman–Crippen MR) is 117 cm³/mol. The van der Waals surface area contributed by atoms with E-state index in [1.165, 1.54) is 5.56 Å². The molecule has 3 heterocycles. The van der Waals surface area contributed by atoms with Gasteiger partial charge in [0.05, 0.1) is 6.54 Å². The van der Waals surface area contributed by atoms with Crippen molar-refractivity contribution in [2.75, 3.05) is 49.1 Å². The van der Waals surface area contributed by atoms with Gasteiger partial charge in [-0.1, -0.05) is 18.2 Å². The first kappa shape index (κ1) is 19.8. The number of fused-ring (bicyclic) bond motifs is 1. The fraction of sp³-hybridized carbons (Fsp3) is 0.522. The maximum absolute atomic E-state index is 13.2. The van der Waals surface area contributed by atoms with Crippen LogP contribution in [0.25, 0.3) is 0 Å². The van der Waals surface area contributed by atoms with Crippen LogP contribution in [0.5, 0.6) is 0 Å². The van der Waals surface area contributed by atoms with Gasteiger partial charge in [-0.3, -0.25) is 9.69 Å². The van der Waals surface area contributed by atoms with Crippen molar-refractivity contribution >= 4 is 17.4 Å². The third-order valence-corrected chi connectivity index (χ3v) is 5.89. The smallest absolute Gasteiger partial charge is 0.241 e. The van der Waals surface area contributed by atoms with Crippen molar-refractivity contribution in [2.45, 2.75) is 39.5 Å². The molecule has 6 heteroatoms. The van der Waals surface area contributed by atoms with Crippen molar-refractivity contribution in [2.24, 2.45) is 0 Å². The van der Waals surface area contributed by atoms with E-state index >= 15 is 0 Å². The number of amides is 1. The SMILES string of the molecule is Cc1cc(N2CCCN(CC(=O)N3CCCCc4ccccc43)CC2)nc(C)n1. The minimum Gasteiger partial charge on any atom is -0.355 e. The summed E-state index contributed by atoms with van der Waals surface area (Å²) >= 11 is 0. The summed E-state index contributed by atoms with van der Waals surface area (Å²) < 4.78 is 0.